The molecule has 0 spiro atoms. The number of hydrogen-bond acceptors (Lipinski definition) is 2. The Bertz CT molecular complexity index is 551. The van der Waals surface area contributed by atoms with Gasteiger partial charge in [0.25, 0.3) is 0 Å². The van der Waals surface area contributed by atoms with Crippen LogP contribution in [0.1, 0.15) is 37.7 Å². The molecule has 21 heavy (non-hydrogen) atoms. The summed E-state index contributed by atoms with van der Waals surface area (Å²) in [5, 5.41) is 9.49. The van der Waals surface area contributed by atoms with Crippen molar-refractivity contribution in [2.24, 2.45) is 5.92 Å². The van der Waals surface area contributed by atoms with E-state index < -0.39 is 12.0 Å². The highest BCUT2D eigenvalue weighted by Gasteiger charge is 2.45. The zero-order valence-corrected chi connectivity index (χ0v) is 13.4. The van der Waals surface area contributed by atoms with Gasteiger partial charge in [-0.05, 0) is 43.4 Å². The molecule has 0 unspecified atom stereocenters. The zero-order chi connectivity index (χ0) is 15.0. The molecule has 2 aliphatic rings. The minimum atomic E-state index is -0.778. The van der Waals surface area contributed by atoms with E-state index in [1.807, 2.05) is 4.90 Å². The molecule has 0 radical (unpaired) electrons. The standard InChI is InChI=1S/C16H19BrFNO2/c17-12-5-6-13(18)11(7-12)9-19-14-4-2-1-3-10(14)8-15(19)16(20)21/h5-7,10,14-15H,1-4,8-9H2,(H,20,21)/t10-,14-,15+/m1/s1. The smallest absolute Gasteiger partial charge is 0.320 e. The van der Waals surface area contributed by atoms with Crippen molar-refractivity contribution >= 4 is 21.9 Å². The number of aliphatic carboxylic acids is 1. The fourth-order valence-corrected chi connectivity index (χ4v) is 4.29. The number of fused-ring (bicyclic) bond motifs is 1. The van der Waals surface area contributed by atoms with Gasteiger partial charge in [-0.25, -0.2) is 4.39 Å². The Labute approximate surface area is 132 Å². The molecule has 2 fully saturated rings. The summed E-state index contributed by atoms with van der Waals surface area (Å²) in [6, 6.07) is 4.67. The number of halogens is 2. The first-order valence-electron chi connectivity index (χ1n) is 7.48. The molecule has 1 aliphatic heterocycles. The van der Waals surface area contributed by atoms with E-state index in [2.05, 4.69) is 15.9 Å². The van der Waals surface area contributed by atoms with Crippen LogP contribution < -0.4 is 0 Å². The lowest BCUT2D eigenvalue weighted by Crippen LogP contribution is -2.41. The Hall–Kier alpha value is -0.940. The number of benzene rings is 1. The summed E-state index contributed by atoms with van der Waals surface area (Å²) in [4.78, 5) is 13.6. The van der Waals surface area contributed by atoms with Crippen LogP contribution in [0.25, 0.3) is 0 Å². The number of carboxylic acid groups (broad SMARTS) is 1. The topological polar surface area (TPSA) is 40.5 Å². The number of carboxylic acids is 1. The first-order chi connectivity index (χ1) is 10.1. The molecule has 3 rings (SSSR count). The van der Waals surface area contributed by atoms with E-state index in [9.17, 15) is 14.3 Å². The Morgan fingerprint density at radius 3 is 2.90 bits per heavy atom. The fourth-order valence-electron chi connectivity index (χ4n) is 3.88. The lowest BCUT2D eigenvalue weighted by molar-refractivity contribution is -0.142. The van der Waals surface area contributed by atoms with Gasteiger partial charge < -0.3 is 5.11 Å². The second-order valence-electron chi connectivity index (χ2n) is 6.11. The van der Waals surface area contributed by atoms with Gasteiger partial charge in [0.2, 0.25) is 0 Å². The van der Waals surface area contributed by atoms with E-state index in [-0.39, 0.29) is 5.82 Å². The second kappa shape index (κ2) is 6.05. The van der Waals surface area contributed by atoms with E-state index in [1.165, 1.54) is 12.5 Å². The van der Waals surface area contributed by atoms with Crippen LogP contribution in [0.3, 0.4) is 0 Å². The van der Waals surface area contributed by atoms with Crippen LogP contribution in [0.5, 0.6) is 0 Å². The summed E-state index contributed by atoms with van der Waals surface area (Å²) in [5.74, 6) is -0.587. The molecule has 3 nitrogen and oxygen atoms in total. The molecule has 1 saturated heterocycles. The quantitative estimate of drug-likeness (QED) is 0.896. The van der Waals surface area contributed by atoms with E-state index in [0.717, 1.165) is 23.7 Å². The maximum atomic E-state index is 14.0. The van der Waals surface area contributed by atoms with Crippen molar-refractivity contribution in [3.8, 4) is 0 Å². The molecule has 1 aliphatic carbocycles. The van der Waals surface area contributed by atoms with Gasteiger partial charge in [-0.1, -0.05) is 28.8 Å². The Morgan fingerprint density at radius 2 is 2.14 bits per heavy atom. The molecule has 1 heterocycles. The van der Waals surface area contributed by atoms with Crippen molar-refractivity contribution in [2.75, 3.05) is 0 Å². The fraction of sp³-hybridized carbons (Fsp3) is 0.562. The van der Waals surface area contributed by atoms with E-state index in [0.29, 0.717) is 30.5 Å². The Balaban J connectivity index is 1.86. The summed E-state index contributed by atoms with van der Waals surface area (Å²) in [6.45, 7) is 0.378. The van der Waals surface area contributed by atoms with E-state index in [4.69, 9.17) is 0 Å². The van der Waals surface area contributed by atoms with Gasteiger partial charge in [0.1, 0.15) is 11.9 Å². The average Bonchev–Trinajstić information content (AvgIpc) is 2.82. The van der Waals surface area contributed by atoms with Crippen molar-refractivity contribution in [3.05, 3.63) is 34.1 Å². The van der Waals surface area contributed by atoms with Gasteiger partial charge in [0, 0.05) is 22.6 Å². The third-order valence-corrected chi connectivity index (χ3v) is 5.36. The van der Waals surface area contributed by atoms with Crippen LogP contribution >= 0.6 is 15.9 Å². The maximum Gasteiger partial charge on any atom is 0.320 e. The second-order valence-corrected chi connectivity index (χ2v) is 7.03. The SMILES string of the molecule is O=C(O)[C@@H]1C[C@H]2CCCC[C@H]2N1Cc1cc(Br)ccc1F. The molecular weight excluding hydrogens is 337 g/mol. The van der Waals surface area contributed by atoms with Gasteiger partial charge in [0.05, 0.1) is 0 Å². The summed E-state index contributed by atoms with van der Waals surface area (Å²) in [7, 11) is 0. The van der Waals surface area contributed by atoms with Gasteiger partial charge >= 0.3 is 5.97 Å². The predicted octanol–water partition coefficient (Wildman–Crippen LogP) is 3.81. The van der Waals surface area contributed by atoms with Gasteiger partial charge in [-0.3, -0.25) is 9.69 Å². The minimum absolute atomic E-state index is 0.262. The van der Waals surface area contributed by atoms with Gasteiger partial charge in [0.15, 0.2) is 0 Å². The van der Waals surface area contributed by atoms with Crippen molar-refractivity contribution in [3.63, 3.8) is 0 Å². The Morgan fingerprint density at radius 1 is 1.38 bits per heavy atom. The van der Waals surface area contributed by atoms with Crippen molar-refractivity contribution in [1.82, 2.24) is 4.90 Å². The highest BCUT2D eigenvalue weighted by atomic mass is 79.9. The summed E-state index contributed by atoms with van der Waals surface area (Å²) in [6.07, 6.45) is 5.17. The van der Waals surface area contributed by atoms with Gasteiger partial charge in [-0.15, -0.1) is 0 Å². The lowest BCUT2D eigenvalue weighted by Gasteiger charge is -2.33. The van der Waals surface area contributed by atoms with Crippen molar-refractivity contribution < 1.29 is 14.3 Å². The molecule has 0 bridgehead atoms. The summed E-state index contributed by atoms with van der Waals surface area (Å²) < 4.78 is 14.8. The maximum absolute atomic E-state index is 14.0. The summed E-state index contributed by atoms with van der Waals surface area (Å²) >= 11 is 3.36. The van der Waals surface area contributed by atoms with Crippen LogP contribution in [-0.4, -0.2) is 28.1 Å². The third kappa shape index (κ3) is 2.99. The van der Waals surface area contributed by atoms with Crippen LogP contribution in [0.2, 0.25) is 0 Å². The van der Waals surface area contributed by atoms with Crippen LogP contribution in [0.4, 0.5) is 4.39 Å². The largest absolute Gasteiger partial charge is 0.480 e. The molecule has 114 valence electrons. The minimum Gasteiger partial charge on any atom is -0.480 e. The average molecular weight is 356 g/mol. The van der Waals surface area contributed by atoms with Crippen molar-refractivity contribution in [1.29, 1.82) is 0 Å². The highest BCUT2D eigenvalue weighted by Crippen LogP contribution is 2.40. The number of nitrogens with zero attached hydrogens (tertiary/aromatic N) is 1. The Kier molecular flexibility index (Phi) is 4.31. The molecular formula is C16H19BrFNO2. The molecule has 1 aromatic carbocycles. The monoisotopic (exact) mass is 355 g/mol. The van der Waals surface area contributed by atoms with E-state index >= 15 is 0 Å². The molecule has 1 N–H and O–H groups in total. The molecule has 0 amide bonds. The summed E-state index contributed by atoms with van der Waals surface area (Å²) in [5.41, 5.74) is 0.571. The molecule has 1 saturated carbocycles. The van der Waals surface area contributed by atoms with Crippen molar-refractivity contribution in [2.45, 2.75) is 50.7 Å². The number of rotatable bonds is 3. The van der Waals surface area contributed by atoms with Crippen LogP contribution in [0.15, 0.2) is 22.7 Å². The molecule has 0 aromatic heterocycles. The first-order valence-corrected chi connectivity index (χ1v) is 8.28. The lowest BCUT2D eigenvalue weighted by atomic mass is 9.84. The normalized spacial score (nSPS) is 29.3. The number of carbonyl (C=O) groups is 1. The zero-order valence-electron chi connectivity index (χ0n) is 11.8. The molecule has 3 atom stereocenters. The predicted molar refractivity (Wildman–Crippen MR) is 81.4 cm³/mol. The number of likely N-dealkylation sites (tertiary alicyclic amines) is 1. The highest BCUT2D eigenvalue weighted by molar-refractivity contribution is 9.10. The third-order valence-electron chi connectivity index (χ3n) is 4.87. The molecule has 1 aromatic rings. The van der Waals surface area contributed by atoms with Crippen LogP contribution in [0, 0.1) is 11.7 Å². The number of hydrogen-bond donors (Lipinski definition) is 1. The van der Waals surface area contributed by atoms with E-state index in [1.54, 1.807) is 12.1 Å². The first kappa shape index (κ1) is 15.0. The van der Waals surface area contributed by atoms with Crippen LogP contribution in [-0.2, 0) is 11.3 Å². The molecule has 5 heteroatoms. The van der Waals surface area contributed by atoms with Gasteiger partial charge in [-0.2, -0.15) is 0 Å².